The number of benzene rings is 4. The van der Waals surface area contributed by atoms with Crippen molar-refractivity contribution in [2.45, 2.75) is 33.4 Å². The fourth-order valence-electron chi connectivity index (χ4n) is 5.67. The fourth-order valence-corrected chi connectivity index (χ4v) is 6.71. The lowest BCUT2D eigenvalue weighted by Crippen LogP contribution is -2.39. The van der Waals surface area contributed by atoms with Crippen LogP contribution in [0.2, 0.25) is 0 Å². The van der Waals surface area contributed by atoms with Crippen LogP contribution in [-0.2, 0) is 11.4 Å². The Hall–Kier alpha value is -4.95. The van der Waals surface area contributed by atoms with E-state index in [9.17, 15) is 9.59 Å². The molecular formula is C36H32N2O5S. The Balaban J connectivity index is 1.48. The standard InChI is InChI=1S/C36H32N2O5S/c1-5-42-30-19-25(15-17-28(30)43-21-24-11-7-6-8-12-24)20-31-35(40)38-34(32(23(3)39)22(2)37-36(38)44-31)33-27-14-10-9-13-26(27)16-18-29(33)41-4/h6-20,34H,5,21H2,1-4H3/t34-/m1/s1. The van der Waals surface area contributed by atoms with E-state index in [1.807, 2.05) is 105 Å². The number of aromatic nitrogens is 1. The van der Waals surface area contributed by atoms with Crippen LogP contribution in [0.1, 0.15) is 43.5 Å². The van der Waals surface area contributed by atoms with Crippen LogP contribution in [0.15, 0.2) is 106 Å². The van der Waals surface area contributed by atoms with Gasteiger partial charge < -0.3 is 14.2 Å². The van der Waals surface area contributed by atoms with Gasteiger partial charge in [0.1, 0.15) is 12.4 Å². The van der Waals surface area contributed by atoms with E-state index >= 15 is 0 Å². The van der Waals surface area contributed by atoms with Crippen LogP contribution < -0.4 is 29.1 Å². The van der Waals surface area contributed by atoms with Crippen LogP contribution in [0.4, 0.5) is 0 Å². The molecule has 1 aliphatic rings. The molecule has 0 fully saturated rings. The second kappa shape index (κ2) is 12.3. The van der Waals surface area contributed by atoms with Crippen molar-refractivity contribution in [3.05, 3.63) is 133 Å². The largest absolute Gasteiger partial charge is 0.496 e. The van der Waals surface area contributed by atoms with Gasteiger partial charge in [-0.05, 0) is 66.9 Å². The summed E-state index contributed by atoms with van der Waals surface area (Å²) in [5, 5.41) is 1.90. The summed E-state index contributed by atoms with van der Waals surface area (Å²) < 4.78 is 19.9. The van der Waals surface area contributed by atoms with Crippen molar-refractivity contribution in [3.63, 3.8) is 0 Å². The minimum Gasteiger partial charge on any atom is -0.496 e. The van der Waals surface area contributed by atoms with E-state index < -0.39 is 6.04 Å². The van der Waals surface area contributed by atoms with Crippen molar-refractivity contribution in [3.8, 4) is 17.2 Å². The van der Waals surface area contributed by atoms with Crippen LogP contribution >= 0.6 is 11.3 Å². The van der Waals surface area contributed by atoms with Crippen molar-refractivity contribution in [1.29, 1.82) is 0 Å². The second-order valence-electron chi connectivity index (χ2n) is 10.5. The van der Waals surface area contributed by atoms with Crippen molar-refractivity contribution in [2.24, 2.45) is 4.99 Å². The monoisotopic (exact) mass is 604 g/mol. The topological polar surface area (TPSA) is 79.1 Å². The van der Waals surface area contributed by atoms with Crippen molar-refractivity contribution in [2.75, 3.05) is 13.7 Å². The predicted octanol–water partition coefficient (Wildman–Crippen LogP) is 5.96. The van der Waals surface area contributed by atoms with Gasteiger partial charge in [-0.1, -0.05) is 78.1 Å². The first kappa shape index (κ1) is 29.1. The highest BCUT2D eigenvalue weighted by Gasteiger charge is 2.33. The van der Waals surface area contributed by atoms with E-state index in [1.165, 1.54) is 18.3 Å². The predicted molar refractivity (Wildman–Crippen MR) is 173 cm³/mol. The molecule has 5 aromatic rings. The zero-order chi connectivity index (χ0) is 30.8. The van der Waals surface area contributed by atoms with Crippen molar-refractivity contribution >= 4 is 34.0 Å². The summed E-state index contributed by atoms with van der Waals surface area (Å²) in [7, 11) is 1.60. The minimum atomic E-state index is -0.695. The maximum Gasteiger partial charge on any atom is 0.271 e. The molecule has 7 nitrogen and oxygen atoms in total. The molecule has 0 saturated carbocycles. The molecule has 8 heteroatoms. The number of hydrogen-bond acceptors (Lipinski definition) is 7. The minimum absolute atomic E-state index is 0.145. The Morgan fingerprint density at radius 1 is 0.955 bits per heavy atom. The van der Waals surface area contributed by atoms with E-state index in [0.29, 0.717) is 51.1 Å². The molecule has 2 heterocycles. The Kier molecular flexibility index (Phi) is 8.17. The highest BCUT2D eigenvalue weighted by Crippen LogP contribution is 2.40. The van der Waals surface area contributed by atoms with E-state index in [2.05, 4.69) is 0 Å². The van der Waals surface area contributed by atoms with Gasteiger partial charge in [-0.25, -0.2) is 4.99 Å². The summed E-state index contributed by atoms with van der Waals surface area (Å²) in [5.41, 5.74) is 3.42. The zero-order valence-corrected chi connectivity index (χ0v) is 25.8. The summed E-state index contributed by atoms with van der Waals surface area (Å²) in [4.78, 5) is 32.6. The van der Waals surface area contributed by atoms with E-state index in [0.717, 1.165) is 27.5 Å². The second-order valence-corrected chi connectivity index (χ2v) is 11.5. The lowest BCUT2D eigenvalue weighted by atomic mass is 9.89. The molecule has 0 saturated heterocycles. The first-order chi connectivity index (χ1) is 21.4. The van der Waals surface area contributed by atoms with Crippen molar-refractivity contribution in [1.82, 2.24) is 4.57 Å². The highest BCUT2D eigenvalue weighted by molar-refractivity contribution is 7.07. The van der Waals surface area contributed by atoms with Gasteiger partial charge in [0.15, 0.2) is 22.1 Å². The zero-order valence-electron chi connectivity index (χ0n) is 25.0. The summed E-state index contributed by atoms with van der Waals surface area (Å²) in [5.74, 6) is 1.68. The maximum absolute atomic E-state index is 14.2. The lowest BCUT2D eigenvalue weighted by Gasteiger charge is -2.27. The van der Waals surface area contributed by atoms with Gasteiger partial charge in [0.2, 0.25) is 0 Å². The molecular weight excluding hydrogens is 572 g/mol. The van der Waals surface area contributed by atoms with Crippen LogP contribution in [0.25, 0.3) is 16.8 Å². The number of nitrogens with zero attached hydrogens (tertiary/aromatic N) is 2. The number of thiazole rings is 1. The third kappa shape index (κ3) is 5.44. The number of rotatable bonds is 9. The molecule has 44 heavy (non-hydrogen) atoms. The summed E-state index contributed by atoms with van der Waals surface area (Å²) in [6, 6.07) is 26.7. The molecule has 0 aliphatic carbocycles. The van der Waals surface area contributed by atoms with Gasteiger partial charge in [0, 0.05) is 16.8 Å². The number of fused-ring (bicyclic) bond motifs is 2. The number of carbonyl (C=O) groups is 1. The molecule has 0 radical (unpaired) electrons. The molecule has 4 aromatic carbocycles. The van der Waals surface area contributed by atoms with Gasteiger partial charge in [-0.15, -0.1) is 0 Å². The molecule has 222 valence electrons. The number of allylic oxidation sites excluding steroid dienone is 2. The number of hydrogen-bond donors (Lipinski definition) is 0. The molecule has 0 spiro atoms. The molecule has 1 aromatic heterocycles. The van der Waals surface area contributed by atoms with Crippen LogP contribution in [0.5, 0.6) is 17.2 Å². The van der Waals surface area contributed by atoms with E-state index in [1.54, 1.807) is 11.7 Å². The number of ketones is 1. The smallest absolute Gasteiger partial charge is 0.271 e. The van der Waals surface area contributed by atoms with Gasteiger partial charge in [-0.2, -0.15) is 0 Å². The SMILES string of the molecule is CCOc1cc(C=c2sc3n(c2=O)[C@@H](c2c(OC)ccc4ccccc24)C(C(C)=O)=C(C)N=3)ccc1OCc1ccccc1. The van der Waals surface area contributed by atoms with Gasteiger partial charge in [0.05, 0.1) is 24.3 Å². The summed E-state index contributed by atoms with van der Waals surface area (Å²) in [6.45, 7) is 6.13. The number of Topliss-reactive ketones (excluding diaryl/α,β-unsaturated/α-hetero) is 1. The maximum atomic E-state index is 14.2. The van der Waals surface area contributed by atoms with Crippen LogP contribution in [-0.4, -0.2) is 24.1 Å². The quantitative estimate of drug-likeness (QED) is 0.207. The molecule has 0 bridgehead atoms. The number of methoxy groups -OCH3 is 1. The fraction of sp³-hybridized carbons (Fsp3) is 0.194. The van der Waals surface area contributed by atoms with Crippen LogP contribution in [0, 0.1) is 0 Å². The van der Waals surface area contributed by atoms with Crippen LogP contribution in [0.3, 0.4) is 0 Å². The number of ether oxygens (including phenoxy) is 3. The third-order valence-corrected chi connectivity index (χ3v) is 8.61. The van der Waals surface area contributed by atoms with E-state index in [-0.39, 0.29) is 11.3 Å². The summed E-state index contributed by atoms with van der Waals surface area (Å²) in [6.07, 6.45) is 1.83. The van der Waals surface area contributed by atoms with Crippen molar-refractivity contribution < 1.29 is 19.0 Å². The lowest BCUT2D eigenvalue weighted by molar-refractivity contribution is -0.114. The molecule has 0 amide bonds. The van der Waals surface area contributed by atoms with Gasteiger partial charge in [0.25, 0.3) is 5.56 Å². The Morgan fingerprint density at radius 3 is 2.45 bits per heavy atom. The van der Waals surface area contributed by atoms with E-state index in [4.69, 9.17) is 19.2 Å². The van der Waals surface area contributed by atoms with Gasteiger partial charge in [-0.3, -0.25) is 14.2 Å². The molecule has 1 aliphatic heterocycles. The molecule has 1 atom stereocenters. The normalized spacial score (nSPS) is 14.7. The Labute approximate surface area is 259 Å². The third-order valence-electron chi connectivity index (χ3n) is 7.63. The first-order valence-electron chi connectivity index (χ1n) is 14.4. The molecule has 6 rings (SSSR count). The molecule has 0 unspecified atom stereocenters. The van der Waals surface area contributed by atoms with Gasteiger partial charge >= 0.3 is 0 Å². The molecule has 0 N–H and O–H groups in total. The number of carbonyl (C=O) groups excluding carboxylic acids is 1. The first-order valence-corrected chi connectivity index (χ1v) is 15.2. The highest BCUT2D eigenvalue weighted by atomic mass is 32.1. The summed E-state index contributed by atoms with van der Waals surface area (Å²) >= 11 is 1.29. The average Bonchev–Trinajstić information content (AvgIpc) is 3.33. The average molecular weight is 605 g/mol. The Morgan fingerprint density at radius 2 is 1.70 bits per heavy atom. The Bertz CT molecular complexity index is 2090.